The van der Waals surface area contributed by atoms with Gasteiger partial charge in [-0.05, 0) is 35.4 Å². The van der Waals surface area contributed by atoms with E-state index in [0.29, 0.717) is 31.1 Å². The van der Waals surface area contributed by atoms with E-state index in [-0.39, 0.29) is 30.6 Å². The number of carbonyl (C=O) groups is 2. The van der Waals surface area contributed by atoms with Crippen LogP contribution in [0.1, 0.15) is 36.9 Å². The second-order valence-corrected chi connectivity index (χ2v) is 9.21. The summed E-state index contributed by atoms with van der Waals surface area (Å²) in [4.78, 5) is 28.9. The second kappa shape index (κ2) is 9.93. The van der Waals surface area contributed by atoms with Gasteiger partial charge in [0.25, 0.3) is 0 Å². The number of carbonyl (C=O) groups excluding carboxylic acids is 1. The van der Waals surface area contributed by atoms with Crippen molar-refractivity contribution in [2.75, 3.05) is 40.6 Å². The summed E-state index contributed by atoms with van der Waals surface area (Å²) < 4.78 is 16.3. The Morgan fingerprint density at radius 1 is 1.12 bits per heavy atom. The molecular weight excluding hydrogens is 436 g/mol. The summed E-state index contributed by atoms with van der Waals surface area (Å²) in [5, 5.41) is 10.4. The number of carboxylic acid groups (broad SMARTS) is 1. The lowest BCUT2D eigenvalue weighted by Gasteiger charge is -2.29. The van der Waals surface area contributed by atoms with Gasteiger partial charge < -0.3 is 24.2 Å². The smallest absolute Gasteiger partial charge is 0.309 e. The van der Waals surface area contributed by atoms with Crippen LogP contribution in [0.3, 0.4) is 0 Å². The lowest BCUT2D eigenvalue weighted by molar-refractivity contribution is -0.143. The van der Waals surface area contributed by atoms with Crippen LogP contribution in [0.25, 0.3) is 0 Å². The average Bonchev–Trinajstić information content (AvgIpc) is 3.46. The normalized spacial score (nSPS) is 21.6. The fourth-order valence-electron chi connectivity index (χ4n) is 4.97. The SMILES string of the molecule is COc1ccc([C@@H]2[C@@H](C(=O)O)C(c3ccc4c(c3)OCO4)CN2CCN(C)C(=O)C(C)C)cc1. The molecule has 8 nitrogen and oxygen atoms in total. The number of rotatable bonds is 8. The zero-order valence-electron chi connectivity index (χ0n) is 20.1. The molecule has 2 aliphatic heterocycles. The average molecular weight is 469 g/mol. The molecule has 0 spiro atoms. The van der Waals surface area contributed by atoms with E-state index < -0.39 is 11.9 Å². The summed E-state index contributed by atoms with van der Waals surface area (Å²) in [5.74, 6) is 0.253. The van der Waals surface area contributed by atoms with Gasteiger partial charge in [-0.3, -0.25) is 14.5 Å². The van der Waals surface area contributed by atoms with Gasteiger partial charge >= 0.3 is 5.97 Å². The van der Waals surface area contributed by atoms with Crippen LogP contribution < -0.4 is 14.2 Å². The van der Waals surface area contributed by atoms with Gasteiger partial charge in [0.1, 0.15) is 5.75 Å². The third kappa shape index (κ3) is 4.68. The molecule has 1 N–H and O–H groups in total. The highest BCUT2D eigenvalue weighted by Gasteiger charge is 2.47. The molecule has 2 heterocycles. The first-order valence-electron chi connectivity index (χ1n) is 11.6. The van der Waals surface area contributed by atoms with Crippen LogP contribution in [-0.4, -0.2) is 67.4 Å². The topological polar surface area (TPSA) is 88.5 Å². The van der Waals surface area contributed by atoms with E-state index in [1.54, 1.807) is 19.1 Å². The van der Waals surface area contributed by atoms with E-state index in [9.17, 15) is 14.7 Å². The van der Waals surface area contributed by atoms with Crippen LogP contribution in [0.15, 0.2) is 42.5 Å². The summed E-state index contributed by atoms with van der Waals surface area (Å²) in [5.41, 5.74) is 1.82. The Morgan fingerprint density at radius 2 is 1.79 bits per heavy atom. The number of benzene rings is 2. The number of amides is 1. The molecule has 2 aromatic rings. The molecule has 1 saturated heterocycles. The Bertz CT molecular complexity index is 1040. The van der Waals surface area contributed by atoms with Gasteiger partial charge in [0.05, 0.1) is 13.0 Å². The van der Waals surface area contributed by atoms with Gasteiger partial charge in [-0.25, -0.2) is 0 Å². The monoisotopic (exact) mass is 468 g/mol. The van der Waals surface area contributed by atoms with Gasteiger partial charge in [0.15, 0.2) is 11.5 Å². The molecule has 2 aliphatic rings. The van der Waals surface area contributed by atoms with Crippen molar-refractivity contribution in [2.24, 2.45) is 11.8 Å². The van der Waals surface area contributed by atoms with E-state index in [4.69, 9.17) is 14.2 Å². The number of nitrogens with zero attached hydrogens (tertiary/aromatic N) is 2. The van der Waals surface area contributed by atoms with Crippen LogP contribution >= 0.6 is 0 Å². The van der Waals surface area contributed by atoms with Crippen LogP contribution in [0.4, 0.5) is 0 Å². The minimum atomic E-state index is -0.849. The molecule has 1 fully saturated rings. The van der Waals surface area contributed by atoms with Crippen LogP contribution in [0.5, 0.6) is 17.2 Å². The van der Waals surface area contributed by atoms with E-state index in [2.05, 4.69) is 4.90 Å². The van der Waals surface area contributed by atoms with Gasteiger partial charge in [-0.2, -0.15) is 0 Å². The van der Waals surface area contributed by atoms with Crippen molar-refractivity contribution in [1.82, 2.24) is 9.80 Å². The number of hydrogen-bond donors (Lipinski definition) is 1. The maximum atomic E-state index is 12.6. The number of aliphatic carboxylic acids is 1. The van der Waals surface area contributed by atoms with Crippen molar-refractivity contribution in [2.45, 2.75) is 25.8 Å². The molecular formula is C26H32N2O6. The second-order valence-electron chi connectivity index (χ2n) is 9.21. The molecule has 0 bridgehead atoms. The minimum absolute atomic E-state index is 0.0716. The molecule has 34 heavy (non-hydrogen) atoms. The van der Waals surface area contributed by atoms with Crippen molar-refractivity contribution < 1.29 is 28.9 Å². The lowest BCUT2D eigenvalue weighted by atomic mass is 9.82. The molecule has 0 aliphatic carbocycles. The lowest BCUT2D eigenvalue weighted by Crippen LogP contribution is -2.38. The van der Waals surface area contributed by atoms with Crippen molar-refractivity contribution in [1.29, 1.82) is 0 Å². The summed E-state index contributed by atoms with van der Waals surface area (Å²) in [7, 11) is 3.40. The van der Waals surface area contributed by atoms with E-state index >= 15 is 0 Å². The number of likely N-dealkylation sites (N-methyl/N-ethyl adjacent to an activating group) is 1. The predicted octanol–water partition coefficient (Wildman–Crippen LogP) is 3.38. The molecule has 0 radical (unpaired) electrons. The third-order valence-electron chi connectivity index (χ3n) is 6.76. The van der Waals surface area contributed by atoms with E-state index in [1.165, 1.54) is 0 Å². The zero-order chi connectivity index (χ0) is 24.4. The van der Waals surface area contributed by atoms with Crippen LogP contribution in [0.2, 0.25) is 0 Å². The predicted molar refractivity (Wildman–Crippen MR) is 126 cm³/mol. The van der Waals surface area contributed by atoms with Gasteiger partial charge in [-0.15, -0.1) is 0 Å². The number of fused-ring (bicyclic) bond motifs is 1. The first-order chi connectivity index (χ1) is 16.3. The van der Waals surface area contributed by atoms with E-state index in [1.807, 2.05) is 56.3 Å². The first-order valence-corrected chi connectivity index (χ1v) is 11.6. The third-order valence-corrected chi connectivity index (χ3v) is 6.76. The molecule has 4 rings (SSSR count). The highest BCUT2D eigenvalue weighted by molar-refractivity contribution is 5.77. The first kappa shape index (κ1) is 23.9. The van der Waals surface area contributed by atoms with Crippen LogP contribution in [-0.2, 0) is 9.59 Å². The Labute approximate surface area is 200 Å². The molecule has 0 aromatic heterocycles. The highest BCUT2D eigenvalue weighted by Crippen LogP contribution is 2.47. The van der Waals surface area contributed by atoms with Crippen molar-refractivity contribution >= 4 is 11.9 Å². The molecule has 1 unspecified atom stereocenters. The fraction of sp³-hybridized carbons (Fsp3) is 0.462. The standard InChI is InChI=1S/C26H32N2O6/c1-16(2)25(29)27(3)11-12-28-14-20(18-7-10-21-22(13-18)34-15-33-21)23(26(30)31)24(28)17-5-8-19(32-4)9-6-17/h5-10,13,16,20,23-24H,11-12,14-15H2,1-4H3,(H,30,31)/t20?,23-,24+/m0/s1. The maximum absolute atomic E-state index is 12.6. The summed E-state index contributed by atoms with van der Waals surface area (Å²) >= 11 is 0. The van der Waals surface area contributed by atoms with Crippen molar-refractivity contribution in [3.05, 3.63) is 53.6 Å². The van der Waals surface area contributed by atoms with E-state index in [0.717, 1.165) is 16.9 Å². The van der Waals surface area contributed by atoms with Gasteiger partial charge in [0.2, 0.25) is 12.7 Å². The van der Waals surface area contributed by atoms with Gasteiger partial charge in [-0.1, -0.05) is 32.0 Å². The Hall–Kier alpha value is -3.26. The quantitative estimate of drug-likeness (QED) is 0.635. The molecule has 2 aromatic carbocycles. The Morgan fingerprint density at radius 3 is 2.44 bits per heavy atom. The largest absolute Gasteiger partial charge is 0.497 e. The molecule has 1 amide bonds. The number of methoxy groups -OCH3 is 1. The Balaban J connectivity index is 1.66. The Kier molecular flexibility index (Phi) is 6.97. The maximum Gasteiger partial charge on any atom is 0.309 e. The molecule has 182 valence electrons. The number of ether oxygens (including phenoxy) is 3. The van der Waals surface area contributed by atoms with Crippen molar-refractivity contribution in [3.63, 3.8) is 0 Å². The summed E-state index contributed by atoms with van der Waals surface area (Å²) in [6.07, 6.45) is 0. The highest BCUT2D eigenvalue weighted by atomic mass is 16.7. The molecule has 8 heteroatoms. The van der Waals surface area contributed by atoms with Crippen LogP contribution in [0, 0.1) is 11.8 Å². The number of hydrogen-bond acceptors (Lipinski definition) is 6. The molecule has 3 atom stereocenters. The molecule has 0 saturated carbocycles. The zero-order valence-corrected chi connectivity index (χ0v) is 20.1. The number of likely N-dealkylation sites (tertiary alicyclic amines) is 1. The minimum Gasteiger partial charge on any atom is -0.497 e. The van der Waals surface area contributed by atoms with Gasteiger partial charge in [0, 0.05) is 44.6 Å². The summed E-state index contributed by atoms with van der Waals surface area (Å²) in [6.45, 7) is 5.57. The fourth-order valence-corrected chi connectivity index (χ4v) is 4.97. The van der Waals surface area contributed by atoms with Crippen molar-refractivity contribution in [3.8, 4) is 17.2 Å². The number of carboxylic acids is 1. The summed E-state index contributed by atoms with van der Waals surface area (Å²) in [6, 6.07) is 12.9.